The largest absolute Gasteiger partial charge is 1.00 e. The molecule has 3 rings (SSSR count). The molecule has 0 radical (unpaired) electrons. The van der Waals surface area contributed by atoms with Crippen LogP contribution in [-0.2, 0) is 30.3 Å². The molecule has 11 heteroatoms. The fraction of sp³-hybridized carbons (Fsp3) is 0.375. The summed E-state index contributed by atoms with van der Waals surface area (Å²) in [6.07, 6.45) is 0.158. The molecular weight excluding hydrogens is 403 g/mol. The van der Waals surface area contributed by atoms with E-state index in [0.717, 1.165) is 10.5 Å². The van der Waals surface area contributed by atoms with E-state index in [2.05, 4.69) is 5.32 Å². The summed E-state index contributed by atoms with van der Waals surface area (Å²) in [5, 5.41) is 17.3. The molecule has 1 unspecified atom stereocenters. The average Bonchev–Trinajstić information content (AvgIpc) is 3.09. The fourth-order valence-corrected chi connectivity index (χ4v) is 4.77. The molecule has 1 aromatic heterocycles. The minimum atomic E-state index is -1.51. The number of rotatable bonds is 6. The maximum atomic E-state index is 12.4. The Balaban J connectivity index is 0.00000261. The van der Waals surface area contributed by atoms with Gasteiger partial charge in [-0.05, 0) is 22.4 Å². The van der Waals surface area contributed by atoms with Crippen LogP contribution in [0.2, 0.25) is 0 Å². The van der Waals surface area contributed by atoms with Gasteiger partial charge in [-0.2, -0.15) is 11.3 Å². The minimum absolute atomic E-state index is 0. The number of nitrogens with zero attached hydrogens (tertiary/aromatic N) is 1. The maximum Gasteiger partial charge on any atom is 1.00 e. The summed E-state index contributed by atoms with van der Waals surface area (Å²) >= 11 is 2.78. The number of aliphatic carboxylic acids is 1. The molecule has 1 fully saturated rings. The van der Waals surface area contributed by atoms with Crippen LogP contribution in [0.5, 0.6) is 0 Å². The summed E-state index contributed by atoms with van der Waals surface area (Å²) < 4.78 is 4.85. The van der Waals surface area contributed by atoms with Gasteiger partial charge in [-0.3, -0.25) is 19.3 Å². The maximum absolute atomic E-state index is 12.4. The van der Waals surface area contributed by atoms with E-state index < -0.39 is 29.3 Å². The second-order valence-corrected chi connectivity index (χ2v) is 7.67. The molecular formula is C16H15N2NaO6S2. The number of nitrogens with one attached hydrogen (secondary N) is 1. The number of carbonyl (C=O) groups is 4. The van der Waals surface area contributed by atoms with Crippen LogP contribution in [-0.4, -0.2) is 52.4 Å². The Kier molecular flexibility index (Phi) is 7.52. The number of fused-ring (bicyclic) bond motifs is 1. The molecule has 1 saturated heterocycles. The smallest absolute Gasteiger partial charge is 0.543 e. The molecule has 0 bridgehead atoms. The third kappa shape index (κ3) is 4.75. The second kappa shape index (κ2) is 9.24. The number of carboxylic acid groups (broad SMARTS) is 1. The SMILES string of the molecule is CC(=O)OCC1=C(C(=O)[O-])N2C(=O)C(NC(=O)Cc3ccsc3)[C@@H]2SC1.[Na+]. The van der Waals surface area contributed by atoms with Crippen LogP contribution in [0.3, 0.4) is 0 Å². The molecule has 2 aliphatic heterocycles. The topological polar surface area (TPSA) is 116 Å². The number of β-lactam (4-membered cyclic amide) rings is 1. The van der Waals surface area contributed by atoms with Gasteiger partial charge < -0.3 is 20.0 Å². The first-order valence-corrected chi connectivity index (χ1v) is 9.69. The van der Waals surface area contributed by atoms with Gasteiger partial charge in [0, 0.05) is 18.2 Å². The summed E-state index contributed by atoms with van der Waals surface area (Å²) in [4.78, 5) is 48.0. The number of ether oxygens (including phenoxy) is 1. The standard InChI is InChI=1S/C16H16N2O6S2.Na/c1-8(19)24-5-10-7-26-15-12(14(21)18(15)13(10)16(22)23)17-11(20)4-9-2-3-25-6-9;/h2-3,6,12,15H,4-5,7H2,1H3,(H,17,20)(H,22,23);/q;+1/p-1/t12?,15-;/m0./s1. The third-order valence-corrected chi connectivity index (χ3v) is 6.02. The Labute approximate surface area is 185 Å². The Morgan fingerprint density at radius 2 is 2.15 bits per heavy atom. The molecule has 8 nitrogen and oxygen atoms in total. The molecule has 0 aliphatic carbocycles. The van der Waals surface area contributed by atoms with E-state index >= 15 is 0 Å². The molecule has 27 heavy (non-hydrogen) atoms. The van der Waals surface area contributed by atoms with Crippen molar-refractivity contribution >= 4 is 46.9 Å². The number of amides is 2. The number of hydrogen-bond acceptors (Lipinski definition) is 8. The third-order valence-electron chi connectivity index (χ3n) is 3.95. The van der Waals surface area contributed by atoms with E-state index in [1.807, 2.05) is 16.8 Å². The van der Waals surface area contributed by atoms with Gasteiger partial charge >= 0.3 is 35.5 Å². The first-order chi connectivity index (χ1) is 12.4. The van der Waals surface area contributed by atoms with Gasteiger partial charge in [-0.1, -0.05) is 0 Å². The molecule has 138 valence electrons. The Hall–Kier alpha value is -1.33. The summed E-state index contributed by atoms with van der Waals surface area (Å²) in [5.74, 6) is -2.60. The summed E-state index contributed by atoms with van der Waals surface area (Å²) in [6, 6.07) is 1.04. The average molecular weight is 418 g/mol. The normalized spacial score (nSPS) is 20.9. The number of thiophene rings is 1. The molecule has 1 N–H and O–H groups in total. The summed E-state index contributed by atoms with van der Waals surface area (Å²) in [6.45, 7) is 1.00. The number of esters is 1. The number of hydrogen-bond donors (Lipinski definition) is 1. The van der Waals surface area contributed by atoms with Gasteiger partial charge in [0.1, 0.15) is 18.0 Å². The first kappa shape index (κ1) is 22.0. The van der Waals surface area contributed by atoms with Crippen molar-refractivity contribution in [1.29, 1.82) is 0 Å². The van der Waals surface area contributed by atoms with Crippen molar-refractivity contribution in [2.45, 2.75) is 24.8 Å². The minimum Gasteiger partial charge on any atom is -0.543 e. The predicted molar refractivity (Wildman–Crippen MR) is 91.7 cm³/mol. The van der Waals surface area contributed by atoms with Crippen molar-refractivity contribution < 1.29 is 58.6 Å². The van der Waals surface area contributed by atoms with E-state index in [9.17, 15) is 24.3 Å². The van der Waals surface area contributed by atoms with E-state index in [1.54, 1.807) is 0 Å². The van der Waals surface area contributed by atoms with Gasteiger partial charge in [-0.25, -0.2) is 0 Å². The first-order valence-electron chi connectivity index (χ1n) is 7.70. The van der Waals surface area contributed by atoms with Crippen molar-refractivity contribution in [2.24, 2.45) is 0 Å². The van der Waals surface area contributed by atoms with Gasteiger partial charge in [-0.15, -0.1) is 11.8 Å². The van der Waals surface area contributed by atoms with Crippen LogP contribution in [0.15, 0.2) is 28.1 Å². The van der Waals surface area contributed by atoms with Crippen LogP contribution < -0.4 is 40.0 Å². The molecule has 1 aromatic rings. The van der Waals surface area contributed by atoms with Crippen LogP contribution >= 0.6 is 23.1 Å². The second-order valence-electron chi connectivity index (χ2n) is 5.78. The monoisotopic (exact) mass is 418 g/mol. The van der Waals surface area contributed by atoms with E-state index in [1.165, 1.54) is 30.0 Å². The van der Waals surface area contributed by atoms with Crippen LogP contribution in [0.1, 0.15) is 12.5 Å². The Morgan fingerprint density at radius 3 is 2.74 bits per heavy atom. The van der Waals surface area contributed by atoms with Gasteiger partial charge in [0.15, 0.2) is 0 Å². The number of carboxylic acids is 1. The zero-order chi connectivity index (χ0) is 18.8. The molecule has 2 aliphatic rings. The molecule has 2 atom stereocenters. The van der Waals surface area contributed by atoms with Gasteiger partial charge in [0.2, 0.25) is 5.91 Å². The zero-order valence-corrected chi connectivity index (χ0v) is 18.4. The van der Waals surface area contributed by atoms with Crippen molar-refractivity contribution in [3.8, 4) is 0 Å². The number of thioether (sulfide) groups is 1. The van der Waals surface area contributed by atoms with Crippen LogP contribution in [0.4, 0.5) is 0 Å². The van der Waals surface area contributed by atoms with Crippen molar-refractivity contribution in [3.63, 3.8) is 0 Å². The van der Waals surface area contributed by atoms with Crippen molar-refractivity contribution in [2.75, 3.05) is 12.4 Å². The van der Waals surface area contributed by atoms with E-state index in [4.69, 9.17) is 4.74 Å². The molecule has 0 saturated carbocycles. The van der Waals surface area contributed by atoms with Crippen molar-refractivity contribution in [1.82, 2.24) is 10.2 Å². The predicted octanol–water partition coefficient (Wildman–Crippen LogP) is -3.74. The molecule has 2 amide bonds. The summed E-state index contributed by atoms with van der Waals surface area (Å²) in [5.41, 5.74) is 0.882. The van der Waals surface area contributed by atoms with E-state index in [-0.39, 0.29) is 59.9 Å². The Morgan fingerprint density at radius 1 is 1.41 bits per heavy atom. The molecule has 0 spiro atoms. The van der Waals surface area contributed by atoms with Gasteiger partial charge in [0.05, 0.1) is 18.1 Å². The zero-order valence-electron chi connectivity index (χ0n) is 14.7. The van der Waals surface area contributed by atoms with Crippen LogP contribution in [0, 0.1) is 0 Å². The molecule has 0 aromatic carbocycles. The van der Waals surface area contributed by atoms with Crippen LogP contribution in [0.25, 0.3) is 0 Å². The van der Waals surface area contributed by atoms with Gasteiger partial charge in [0.25, 0.3) is 5.91 Å². The van der Waals surface area contributed by atoms with Crippen molar-refractivity contribution in [3.05, 3.63) is 33.7 Å². The van der Waals surface area contributed by atoms with E-state index in [0.29, 0.717) is 5.57 Å². The quantitative estimate of drug-likeness (QED) is 0.287. The fourth-order valence-electron chi connectivity index (χ4n) is 2.77. The number of carbonyl (C=O) groups excluding carboxylic acids is 4. The summed E-state index contributed by atoms with van der Waals surface area (Å²) in [7, 11) is 0. The Bertz CT molecular complexity index is 795. The molecule has 3 heterocycles.